The summed E-state index contributed by atoms with van der Waals surface area (Å²) in [6.07, 6.45) is 4.09. The molecule has 1 rings (SSSR count). The number of hydrogen-bond acceptors (Lipinski definition) is 2. The van der Waals surface area contributed by atoms with Crippen LogP contribution in [0.1, 0.15) is 44.2 Å². The Kier molecular flexibility index (Phi) is 6.73. The highest BCUT2D eigenvalue weighted by atomic mass is 19.1. The highest BCUT2D eigenvalue weighted by Gasteiger charge is 2.31. The van der Waals surface area contributed by atoms with Crippen LogP contribution in [-0.4, -0.2) is 20.2 Å². The number of halogens is 1. The fourth-order valence-electron chi connectivity index (χ4n) is 2.29. The van der Waals surface area contributed by atoms with Crippen LogP contribution in [0.15, 0.2) is 24.8 Å². The van der Waals surface area contributed by atoms with Gasteiger partial charge in [-0.2, -0.15) is 0 Å². The Morgan fingerprint density at radius 1 is 1.40 bits per heavy atom. The fourth-order valence-corrected chi connectivity index (χ4v) is 2.29. The number of hydrogen-bond donors (Lipinski definition) is 1. The van der Waals surface area contributed by atoms with E-state index in [4.69, 9.17) is 4.74 Å². The van der Waals surface area contributed by atoms with Crippen molar-refractivity contribution in [3.63, 3.8) is 0 Å². The summed E-state index contributed by atoms with van der Waals surface area (Å²) in [5, 5.41) is 3.13. The molecule has 20 heavy (non-hydrogen) atoms. The van der Waals surface area contributed by atoms with Gasteiger partial charge in [-0.1, -0.05) is 45.4 Å². The monoisotopic (exact) mass is 279 g/mol. The number of benzene rings is 1. The van der Waals surface area contributed by atoms with Gasteiger partial charge in [-0.25, -0.2) is 4.39 Å². The molecular formula is C17H26FNO. The molecule has 1 unspecified atom stereocenters. The Morgan fingerprint density at radius 2 is 2.15 bits per heavy atom. The molecule has 1 aromatic carbocycles. The molecule has 0 bridgehead atoms. The second-order valence-electron chi connectivity index (χ2n) is 5.01. The molecule has 3 heteroatoms. The Labute approximate surface area is 122 Å². The number of nitrogens with one attached hydrogen (secondary N) is 1. The van der Waals surface area contributed by atoms with Crippen molar-refractivity contribution in [1.29, 1.82) is 0 Å². The van der Waals surface area contributed by atoms with Crippen LogP contribution in [0.5, 0.6) is 5.75 Å². The van der Waals surface area contributed by atoms with Crippen molar-refractivity contribution in [2.45, 2.75) is 38.8 Å². The van der Waals surface area contributed by atoms with Gasteiger partial charge >= 0.3 is 0 Å². The minimum Gasteiger partial charge on any atom is -0.496 e. The van der Waals surface area contributed by atoms with Gasteiger partial charge in [0.15, 0.2) is 0 Å². The summed E-state index contributed by atoms with van der Waals surface area (Å²) in [7, 11) is 1.61. The maximum Gasteiger partial charge on any atom is 0.148 e. The lowest BCUT2D eigenvalue weighted by Crippen LogP contribution is -2.34. The van der Waals surface area contributed by atoms with E-state index in [9.17, 15) is 0 Å². The topological polar surface area (TPSA) is 21.3 Å². The summed E-state index contributed by atoms with van der Waals surface area (Å²) >= 11 is 0. The molecule has 0 heterocycles. The second kappa shape index (κ2) is 8.05. The van der Waals surface area contributed by atoms with E-state index in [-0.39, 0.29) is 0 Å². The second-order valence-corrected chi connectivity index (χ2v) is 5.01. The SMILES string of the molecule is C=Cc1cc(C(F)(CCCC)CNCC)ccc1OC. The van der Waals surface area contributed by atoms with Crippen molar-refractivity contribution < 1.29 is 9.13 Å². The normalized spacial score (nSPS) is 13.8. The van der Waals surface area contributed by atoms with Crippen molar-refractivity contribution in [2.75, 3.05) is 20.2 Å². The average molecular weight is 279 g/mol. The lowest BCUT2D eigenvalue weighted by molar-refractivity contribution is 0.143. The predicted octanol–water partition coefficient (Wildman–Crippen LogP) is 4.30. The first-order valence-electron chi connectivity index (χ1n) is 7.31. The molecule has 1 N–H and O–H groups in total. The van der Waals surface area contributed by atoms with Gasteiger partial charge in [0.05, 0.1) is 7.11 Å². The molecule has 1 atom stereocenters. The van der Waals surface area contributed by atoms with Crippen LogP contribution in [0, 0.1) is 0 Å². The molecule has 112 valence electrons. The number of methoxy groups -OCH3 is 1. The molecule has 1 aromatic rings. The average Bonchev–Trinajstić information content (AvgIpc) is 2.50. The van der Waals surface area contributed by atoms with Crippen LogP contribution >= 0.6 is 0 Å². The van der Waals surface area contributed by atoms with E-state index >= 15 is 4.39 Å². The number of alkyl halides is 1. The Hall–Kier alpha value is -1.35. The Bertz CT molecular complexity index is 423. The lowest BCUT2D eigenvalue weighted by Gasteiger charge is -2.27. The molecule has 0 aliphatic rings. The van der Waals surface area contributed by atoms with Gasteiger partial charge < -0.3 is 10.1 Å². The molecule has 0 spiro atoms. The third-order valence-electron chi connectivity index (χ3n) is 3.55. The molecule has 0 aliphatic heterocycles. The molecule has 0 saturated carbocycles. The number of ether oxygens (including phenoxy) is 1. The Balaban J connectivity index is 3.08. The van der Waals surface area contributed by atoms with Gasteiger partial charge in [-0.15, -0.1) is 0 Å². The third-order valence-corrected chi connectivity index (χ3v) is 3.55. The first kappa shape index (κ1) is 16.7. The van der Waals surface area contributed by atoms with Gasteiger partial charge in [0.2, 0.25) is 0 Å². The molecule has 0 radical (unpaired) electrons. The fraction of sp³-hybridized carbons (Fsp3) is 0.529. The zero-order valence-electron chi connectivity index (χ0n) is 12.8. The molecule has 2 nitrogen and oxygen atoms in total. The standard InChI is InChI=1S/C17H26FNO/c1-5-8-11-17(18,13-19-7-3)15-9-10-16(20-4)14(6-2)12-15/h6,9-10,12,19H,2,5,7-8,11,13H2,1,3-4H3. The molecular weight excluding hydrogens is 253 g/mol. The van der Waals surface area contributed by atoms with E-state index in [2.05, 4.69) is 18.8 Å². The van der Waals surface area contributed by atoms with Crippen LogP contribution in [0.2, 0.25) is 0 Å². The first-order chi connectivity index (χ1) is 9.61. The van der Waals surface area contributed by atoms with Crippen molar-refractivity contribution >= 4 is 6.08 Å². The third kappa shape index (κ3) is 4.07. The van der Waals surface area contributed by atoms with Crippen molar-refractivity contribution in [2.24, 2.45) is 0 Å². The predicted molar refractivity (Wildman–Crippen MR) is 83.9 cm³/mol. The van der Waals surface area contributed by atoms with Crippen LogP contribution in [-0.2, 0) is 5.67 Å². The summed E-state index contributed by atoms with van der Waals surface area (Å²) in [6.45, 7) is 8.94. The maximum absolute atomic E-state index is 15.3. The summed E-state index contributed by atoms with van der Waals surface area (Å²) < 4.78 is 20.6. The van der Waals surface area contributed by atoms with E-state index < -0.39 is 5.67 Å². The first-order valence-corrected chi connectivity index (χ1v) is 7.31. The van der Waals surface area contributed by atoms with Crippen LogP contribution in [0.3, 0.4) is 0 Å². The number of unbranched alkanes of at least 4 members (excludes halogenated alkanes) is 1. The quantitative estimate of drug-likeness (QED) is 0.727. The van der Waals surface area contributed by atoms with E-state index in [0.717, 1.165) is 30.7 Å². The van der Waals surface area contributed by atoms with Crippen molar-refractivity contribution in [1.82, 2.24) is 5.32 Å². The highest BCUT2D eigenvalue weighted by molar-refractivity contribution is 5.57. The van der Waals surface area contributed by atoms with Crippen LogP contribution < -0.4 is 10.1 Å². The zero-order valence-corrected chi connectivity index (χ0v) is 12.8. The zero-order chi connectivity index (χ0) is 15.0. The molecule has 0 fully saturated rings. The van der Waals surface area contributed by atoms with E-state index in [1.807, 2.05) is 25.1 Å². The molecule has 0 aliphatic carbocycles. The number of rotatable bonds is 9. The highest BCUT2D eigenvalue weighted by Crippen LogP contribution is 2.34. The molecule has 0 amide bonds. The van der Waals surface area contributed by atoms with E-state index in [1.54, 1.807) is 13.2 Å². The van der Waals surface area contributed by atoms with Gasteiger partial charge in [0, 0.05) is 12.1 Å². The minimum absolute atomic E-state index is 0.340. The minimum atomic E-state index is -1.34. The van der Waals surface area contributed by atoms with E-state index in [1.165, 1.54) is 0 Å². The van der Waals surface area contributed by atoms with Gasteiger partial charge in [-0.3, -0.25) is 0 Å². The van der Waals surface area contributed by atoms with E-state index in [0.29, 0.717) is 18.5 Å². The van der Waals surface area contributed by atoms with Gasteiger partial charge in [-0.05, 0) is 30.7 Å². The molecule has 0 aromatic heterocycles. The van der Waals surface area contributed by atoms with Crippen molar-refractivity contribution in [3.8, 4) is 5.75 Å². The largest absolute Gasteiger partial charge is 0.496 e. The van der Waals surface area contributed by atoms with Crippen LogP contribution in [0.4, 0.5) is 4.39 Å². The maximum atomic E-state index is 15.3. The van der Waals surface area contributed by atoms with Gasteiger partial charge in [0.25, 0.3) is 0 Å². The summed E-state index contributed by atoms with van der Waals surface area (Å²) in [5.41, 5.74) is 0.193. The summed E-state index contributed by atoms with van der Waals surface area (Å²) in [5.74, 6) is 0.727. The van der Waals surface area contributed by atoms with Crippen molar-refractivity contribution in [3.05, 3.63) is 35.9 Å². The summed E-state index contributed by atoms with van der Waals surface area (Å²) in [4.78, 5) is 0. The Morgan fingerprint density at radius 3 is 2.70 bits per heavy atom. The summed E-state index contributed by atoms with van der Waals surface area (Å²) in [6, 6.07) is 5.48. The number of likely N-dealkylation sites (N-methyl/N-ethyl adjacent to an activating group) is 1. The smallest absolute Gasteiger partial charge is 0.148 e. The van der Waals surface area contributed by atoms with Crippen LogP contribution in [0.25, 0.3) is 6.08 Å². The van der Waals surface area contributed by atoms with Gasteiger partial charge in [0.1, 0.15) is 11.4 Å². The molecule has 0 saturated heterocycles. The lowest BCUT2D eigenvalue weighted by atomic mass is 9.89.